The first kappa shape index (κ1) is 18.3. The third-order valence-electron chi connectivity index (χ3n) is 4.06. The molecule has 1 amide bonds. The second-order valence-corrected chi connectivity index (χ2v) is 7.22. The molecule has 1 heterocycles. The van der Waals surface area contributed by atoms with Gasteiger partial charge in [0.15, 0.2) is 5.76 Å². The summed E-state index contributed by atoms with van der Waals surface area (Å²) in [6.07, 6.45) is 0.812. The minimum atomic E-state index is -0.157. The quantitative estimate of drug-likeness (QED) is 0.611. The zero-order chi connectivity index (χ0) is 18.2. The van der Waals surface area contributed by atoms with Gasteiger partial charge in [-0.2, -0.15) is 0 Å². The van der Waals surface area contributed by atoms with Crippen molar-refractivity contribution in [2.24, 2.45) is 0 Å². The smallest absolute Gasteiger partial charge is 0.287 e. The molecule has 4 heteroatoms. The number of carbonyl (C=O) groups is 1. The maximum absolute atomic E-state index is 12.2. The monoisotopic (exact) mass is 365 g/mol. The zero-order valence-electron chi connectivity index (χ0n) is 14.9. The zero-order valence-corrected chi connectivity index (χ0v) is 15.7. The second kappa shape index (κ2) is 9.30. The number of furan rings is 1. The molecule has 0 atom stereocenters. The Bertz CT molecular complexity index is 825. The minimum absolute atomic E-state index is 0.157. The molecule has 3 aromatic rings. The number of hydrogen-bond acceptors (Lipinski definition) is 3. The fraction of sp³-hybridized carbons (Fsp3) is 0.227. The first-order valence-corrected chi connectivity index (χ1v) is 9.90. The van der Waals surface area contributed by atoms with Gasteiger partial charge < -0.3 is 9.73 Å². The largest absolute Gasteiger partial charge is 0.455 e. The Labute approximate surface area is 158 Å². The predicted molar refractivity (Wildman–Crippen MR) is 107 cm³/mol. The van der Waals surface area contributed by atoms with E-state index < -0.39 is 0 Å². The molecule has 0 spiro atoms. The minimum Gasteiger partial charge on any atom is -0.455 e. The fourth-order valence-electron chi connectivity index (χ4n) is 2.58. The van der Waals surface area contributed by atoms with E-state index in [0.717, 1.165) is 23.7 Å². The van der Waals surface area contributed by atoms with Gasteiger partial charge in [0.1, 0.15) is 5.76 Å². The molecule has 2 aromatic carbocycles. The molecule has 3 rings (SSSR count). The van der Waals surface area contributed by atoms with Gasteiger partial charge >= 0.3 is 0 Å². The number of amides is 1. The maximum Gasteiger partial charge on any atom is 0.287 e. The topological polar surface area (TPSA) is 42.2 Å². The Balaban J connectivity index is 1.41. The molecule has 26 heavy (non-hydrogen) atoms. The molecule has 134 valence electrons. The number of aryl methyl sites for hydroxylation is 1. The summed E-state index contributed by atoms with van der Waals surface area (Å²) < 4.78 is 5.67. The van der Waals surface area contributed by atoms with Gasteiger partial charge in [0.2, 0.25) is 0 Å². The number of hydrogen-bond donors (Lipinski definition) is 1. The molecule has 0 aliphatic carbocycles. The van der Waals surface area contributed by atoms with E-state index in [0.29, 0.717) is 12.3 Å². The van der Waals surface area contributed by atoms with Crippen LogP contribution in [0.2, 0.25) is 0 Å². The van der Waals surface area contributed by atoms with Gasteiger partial charge in [-0.15, -0.1) is 11.8 Å². The number of thioether (sulfide) groups is 1. The first-order valence-electron chi connectivity index (χ1n) is 8.75. The summed E-state index contributed by atoms with van der Waals surface area (Å²) >= 11 is 1.78. The van der Waals surface area contributed by atoms with Gasteiger partial charge in [0.25, 0.3) is 5.91 Å². The van der Waals surface area contributed by atoms with Crippen molar-refractivity contribution in [3.05, 3.63) is 94.9 Å². The summed E-state index contributed by atoms with van der Waals surface area (Å²) in [4.78, 5) is 12.2. The van der Waals surface area contributed by atoms with Crippen LogP contribution in [-0.2, 0) is 17.9 Å². The van der Waals surface area contributed by atoms with Crippen LogP contribution in [0, 0.1) is 6.92 Å². The molecule has 0 bridgehead atoms. The number of carbonyl (C=O) groups excluding carboxylic acids is 1. The molecular formula is C22H23NO2S. The van der Waals surface area contributed by atoms with Crippen molar-refractivity contribution >= 4 is 17.7 Å². The SMILES string of the molecule is Cc1ccc(CSCc2ccc(C(=O)NCCc3ccccc3)o2)cc1. The van der Waals surface area contributed by atoms with Gasteiger partial charge in [-0.05, 0) is 36.6 Å². The summed E-state index contributed by atoms with van der Waals surface area (Å²) in [6.45, 7) is 2.69. The highest BCUT2D eigenvalue weighted by Gasteiger charge is 2.10. The molecule has 0 unspecified atom stereocenters. The summed E-state index contributed by atoms with van der Waals surface area (Å²) in [6, 6.07) is 22.3. The Morgan fingerprint density at radius 3 is 2.46 bits per heavy atom. The van der Waals surface area contributed by atoms with E-state index in [2.05, 4.69) is 48.6 Å². The van der Waals surface area contributed by atoms with Gasteiger partial charge in [0, 0.05) is 12.3 Å². The Kier molecular flexibility index (Phi) is 6.56. The van der Waals surface area contributed by atoms with Crippen LogP contribution in [0.25, 0.3) is 0 Å². The fourth-order valence-corrected chi connectivity index (χ4v) is 3.47. The molecule has 3 nitrogen and oxygen atoms in total. The van der Waals surface area contributed by atoms with Crippen molar-refractivity contribution in [1.29, 1.82) is 0 Å². The van der Waals surface area contributed by atoms with Crippen molar-refractivity contribution in [2.75, 3.05) is 6.54 Å². The maximum atomic E-state index is 12.2. The van der Waals surface area contributed by atoms with Crippen LogP contribution in [0.1, 0.15) is 33.0 Å². The van der Waals surface area contributed by atoms with Crippen LogP contribution in [-0.4, -0.2) is 12.5 Å². The normalized spacial score (nSPS) is 10.7. The van der Waals surface area contributed by atoms with E-state index >= 15 is 0 Å². The van der Waals surface area contributed by atoms with E-state index in [1.165, 1.54) is 16.7 Å². The average molecular weight is 365 g/mol. The molecule has 1 N–H and O–H groups in total. The van der Waals surface area contributed by atoms with Crippen molar-refractivity contribution in [2.45, 2.75) is 24.9 Å². The van der Waals surface area contributed by atoms with E-state index in [-0.39, 0.29) is 5.91 Å². The van der Waals surface area contributed by atoms with Crippen LogP contribution >= 0.6 is 11.8 Å². The molecule has 0 saturated heterocycles. The van der Waals surface area contributed by atoms with Crippen LogP contribution in [0.5, 0.6) is 0 Å². The summed E-state index contributed by atoms with van der Waals surface area (Å²) in [7, 11) is 0. The Morgan fingerprint density at radius 2 is 1.69 bits per heavy atom. The third kappa shape index (κ3) is 5.53. The van der Waals surface area contributed by atoms with E-state index in [4.69, 9.17) is 4.42 Å². The first-order chi connectivity index (χ1) is 12.7. The van der Waals surface area contributed by atoms with Crippen LogP contribution < -0.4 is 5.32 Å². The highest BCUT2D eigenvalue weighted by molar-refractivity contribution is 7.97. The Morgan fingerprint density at radius 1 is 0.923 bits per heavy atom. The van der Waals surface area contributed by atoms with Crippen molar-refractivity contribution < 1.29 is 9.21 Å². The number of rotatable bonds is 8. The molecule has 1 aromatic heterocycles. The lowest BCUT2D eigenvalue weighted by Crippen LogP contribution is -2.25. The molecular weight excluding hydrogens is 342 g/mol. The number of nitrogens with one attached hydrogen (secondary N) is 1. The van der Waals surface area contributed by atoms with Crippen LogP contribution in [0.4, 0.5) is 0 Å². The van der Waals surface area contributed by atoms with Crippen LogP contribution in [0.3, 0.4) is 0 Å². The second-order valence-electron chi connectivity index (χ2n) is 6.24. The van der Waals surface area contributed by atoms with Gasteiger partial charge in [-0.1, -0.05) is 60.2 Å². The standard InChI is InChI=1S/C22H23NO2S/c1-17-7-9-19(10-8-17)15-26-16-20-11-12-21(25-20)22(24)23-14-13-18-5-3-2-4-6-18/h2-12H,13-16H2,1H3,(H,23,24). The lowest BCUT2D eigenvalue weighted by molar-refractivity contribution is 0.0925. The number of benzene rings is 2. The van der Waals surface area contributed by atoms with Crippen molar-refractivity contribution in [3.63, 3.8) is 0 Å². The van der Waals surface area contributed by atoms with Gasteiger partial charge in [-0.3, -0.25) is 4.79 Å². The predicted octanol–water partition coefficient (Wildman–Crippen LogP) is 4.99. The lowest BCUT2D eigenvalue weighted by Gasteiger charge is -2.03. The molecule has 0 saturated carbocycles. The van der Waals surface area contributed by atoms with Crippen molar-refractivity contribution in [1.82, 2.24) is 5.32 Å². The van der Waals surface area contributed by atoms with Crippen molar-refractivity contribution in [3.8, 4) is 0 Å². The highest BCUT2D eigenvalue weighted by Crippen LogP contribution is 2.20. The summed E-state index contributed by atoms with van der Waals surface area (Å²) in [5, 5.41) is 2.91. The Hall–Kier alpha value is -2.46. The molecule has 0 aliphatic rings. The van der Waals surface area contributed by atoms with E-state index in [1.807, 2.05) is 24.3 Å². The molecule has 0 fully saturated rings. The van der Waals surface area contributed by atoms with Gasteiger partial charge in [0.05, 0.1) is 5.75 Å². The molecule has 0 radical (unpaired) electrons. The highest BCUT2D eigenvalue weighted by atomic mass is 32.2. The van der Waals surface area contributed by atoms with Gasteiger partial charge in [-0.25, -0.2) is 0 Å². The third-order valence-corrected chi connectivity index (χ3v) is 5.09. The lowest BCUT2D eigenvalue weighted by atomic mass is 10.1. The van der Waals surface area contributed by atoms with E-state index in [9.17, 15) is 4.79 Å². The summed E-state index contributed by atoms with van der Waals surface area (Å²) in [5.74, 6) is 2.74. The van der Waals surface area contributed by atoms with E-state index in [1.54, 1.807) is 17.8 Å². The summed E-state index contributed by atoms with van der Waals surface area (Å²) in [5.41, 5.74) is 3.78. The molecule has 0 aliphatic heterocycles. The average Bonchev–Trinajstić information content (AvgIpc) is 3.13. The van der Waals surface area contributed by atoms with Crippen LogP contribution in [0.15, 0.2) is 71.1 Å².